The van der Waals surface area contributed by atoms with Crippen LogP contribution in [0, 0.1) is 0 Å². The van der Waals surface area contributed by atoms with E-state index >= 15 is 0 Å². The standard InChI is InChI=1S/C60H50O4S4/c61-59-57-53-9-3-11-55(57)51-25-17-43(18-26-51)35-67-39-47-7-2-8-48(32-47)40-68-36-44-19-27-52(28-20-44)56-12-4-10-54(58(56)60(62)64-30-29-63-59)50-23-15-42(16-24-50)34-66-38-46-6-1-5-45(31-46)37-65-33-41-13-21-49(53)22-14-41/h1-28,31-32H,29-30,33-40H2. The van der Waals surface area contributed by atoms with Crippen LogP contribution in [-0.4, -0.2) is 25.2 Å². The minimum Gasteiger partial charge on any atom is -0.458 e. The summed E-state index contributed by atoms with van der Waals surface area (Å²) in [7, 11) is 0. The average Bonchev–Trinajstić information content (AvgIpc) is 3.38. The Morgan fingerprint density at radius 2 is 0.515 bits per heavy atom. The number of esters is 2. The van der Waals surface area contributed by atoms with E-state index in [-0.39, 0.29) is 13.2 Å². The van der Waals surface area contributed by atoms with E-state index in [0.717, 1.165) is 90.5 Å². The number of rotatable bonds is 0. The lowest BCUT2D eigenvalue weighted by Gasteiger charge is -2.17. The number of benzene rings is 8. The SMILES string of the molecule is O=C1OCCOC(=O)c2c3cccc2-c2ccc(cc2)CSCc2cccc(c2)CSCc2ccc(cc2)-c2cccc(c21)-c1ccc(cc1)CSCc1cccc(c1)CSCc1ccc-3cc1. The molecule has 0 N–H and O–H groups in total. The molecule has 8 heterocycles. The van der Waals surface area contributed by atoms with Crippen molar-refractivity contribution in [1.82, 2.24) is 0 Å². The van der Waals surface area contributed by atoms with Crippen LogP contribution in [-0.2, 0) is 55.5 Å². The summed E-state index contributed by atoms with van der Waals surface area (Å²) in [6, 6.07) is 63.9. The first-order valence-corrected chi connectivity index (χ1v) is 27.6. The van der Waals surface area contributed by atoms with Crippen molar-refractivity contribution in [3.8, 4) is 44.5 Å². The topological polar surface area (TPSA) is 52.6 Å². The van der Waals surface area contributed by atoms with Crippen LogP contribution < -0.4 is 0 Å². The van der Waals surface area contributed by atoms with Gasteiger partial charge in [0.05, 0.1) is 11.1 Å². The number of hydrogen-bond acceptors (Lipinski definition) is 8. The fraction of sp³-hybridized carbons (Fsp3) is 0.167. The number of thioether (sulfide) groups is 4. The highest BCUT2D eigenvalue weighted by Gasteiger charge is 2.23. The fourth-order valence-corrected chi connectivity index (χ4v) is 12.6. The average molecular weight is 963 g/mol. The fourth-order valence-electron chi connectivity index (χ4n) is 8.81. The molecule has 68 heavy (non-hydrogen) atoms. The van der Waals surface area contributed by atoms with E-state index in [2.05, 4.69) is 146 Å². The quantitative estimate of drug-likeness (QED) is 0.139. The molecule has 338 valence electrons. The predicted molar refractivity (Wildman–Crippen MR) is 288 cm³/mol. The van der Waals surface area contributed by atoms with Crippen LogP contribution in [0.15, 0.2) is 182 Å². The zero-order valence-electron chi connectivity index (χ0n) is 37.7. The van der Waals surface area contributed by atoms with E-state index < -0.39 is 11.9 Å². The van der Waals surface area contributed by atoms with E-state index in [0.29, 0.717) is 11.1 Å². The molecule has 0 radical (unpaired) electrons. The molecule has 0 unspecified atom stereocenters. The van der Waals surface area contributed by atoms with Crippen molar-refractivity contribution in [2.75, 3.05) is 13.2 Å². The smallest absolute Gasteiger partial charge is 0.339 e. The summed E-state index contributed by atoms with van der Waals surface area (Å²) in [5.74, 6) is 6.23. The monoisotopic (exact) mass is 962 g/mol. The maximum atomic E-state index is 14.5. The highest BCUT2D eigenvalue weighted by atomic mass is 32.2. The summed E-state index contributed by atoms with van der Waals surface area (Å²) < 4.78 is 12.1. The second kappa shape index (κ2) is 22.0. The summed E-state index contributed by atoms with van der Waals surface area (Å²) in [6.07, 6.45) is 0. The van der Waals surface area contributed by atoms with E-state index in [1.807, 2.05) is 83.4 Å². The molecule has 8 heteroatoms. The van der Waals surface area contributed by atoms with Crippen molar-refractivity contribution < 1.29 is 19.1 Å². The number of hydrogen-bond donors (Lipinski definition) is 0. The van der Waals surface area contributed by atoms with E-state index in [9.17, 15) is 9.59 Å². The van der Waals surface area contributed by atoms with Crippen molar-refractivity contribution in [3.05, 3.63) is 238 Å². The molecule has 4 nitrogen and oxygen atoms in total. The number of ether oxygens (including phenoxy) is 2. The lowest BCUT2D eigenvalue weighted by atomic mass is 9.91. The Morgan fingerprint density at radius 3 is 0.779 bits per heavy atom. The number of carbonyl (C=O) groups excluding carboxylic acids is 2. The molecule has 0 amide bonds. The van der Waals surface area contributed by atoms with Crippen LogP contribution in [0.1, 0.15) is 65.2 Å². The first kappa shape index (κ1) is 45.9. The molecule has 0 spiro atoms. The van der Waals surface area contributed by atoms with Gasteiger partial charge in [0.15, 0.2) is 0 Å². The zero-order valence-corrected chi connectivity index (χ0v) is 40.9. The molecule has 0 saturated heterocycles. The van der Waals surface area contributed by atoms with Gasteiger partial charge in [-0.25, -0.2) is 9.59 Å². The van der Waals surface area contributed by atoms with Crippen molar-refractivity contribution in [2.24, 2.45) is 0 Å². The Morgan fingerprint density at radius 1 is 0.279 bits per heavy atom. The second-order valence-electron chi connectivity index (χ2n) is 17.1. The summed E-state index contributed by atoms with van der Waals surface area (Å²) in [5.41, 5.74) is 18.0. The maximum absolute atomic E-state index is 14.5. The highest BCUT2D eigenvalue weighted by Crippen LogP contribution is 2.37. The van der Waals surface area contributed by atoms with Gasteiger partial charge in [-0.05, 0) is 89.0 Å². The van der Waals surface area contributed by atoms with Gasteiger partial charge in [-0.2, -0.15) is 47.0 Å². The predicted octanol–water partition coefficient (Wildman–Crippen LogP) is 15.7. The van der Waals surface area contributed by atoms with Gasteiger partial charge in [0.1, 0.15) is 13.2 Å². The van der Waals surface area contributed by atoms with Crippen LogP contribution in [0.5, 0.6) is 0 Å². The number of carbonyl (C=O) groups is 2. The van der Waals surface area contributed by atoms with Crippen molar-refractivity contribution >= 4 is 59.0 Å². The summed E-state index contributed by atoms with van der Waals surface area (Å²) >= 11 is 7.61. The molecule has 14 bridgehead atoms. The van der Waals surface area contributed by atoms with Crippen molar-refractivity contribution in [2.45, 2.75) is 46.0 Å². The van der Waals surface area contributed by atoms with Gasteiger partial charge in [-0.1, -0.05) is 182 Å². The van der Waals surface area contributed by atoms with Gasteiger partial charge >= 0.3 is 11.9 Å². The zero-order chi connectivity index (χ0) is 46.1. The lowest BCUT2D eigenvalue weighted by molar-refractivity contribution is 0.0267. The summed E-state index contributed by atoms with van der Waals surface area (Å²) in [4.78, 5) is 29.0. The molecule has 0 atom stereocenters. The third-order valence-electron chi connectivity index (χ3n) is 12.3. The molecular formula is C60H50O4S4. The first-order chi connectivity index (χ1) is 33.5. The second-order valence-corrected chi connectivity index (χ2v) is 21.1. The Labute approximate surface area is 416 Å². The van der Waals surface area contributed by atoms with Crippen LogP contribution in [0.4, 0.5) is 0 Å². The van der Waals surface area contributed by atoms with Crippen LogP contribution in [0.25, 0.3) is 44.5 Å². The van der Waals surface area contributed by atoms with E-state index in [1.54, 1.807) is 0 Å². The van der Waals surface area contributed by atoms with Gasteiger partial charge in [-0.15, -0.1) is 0 Å². The molecule has 8 aliphatic rings. The summed E-state index contributed by atoms with van der Waals surface area (Å²) in [5, 5.41) is 0. The molecule has 0 fully saturated rings. The van der Waals surface area contributed by atoms with E-state index in [4.69, 9.17) is 9.47 Å². The molecule has 8 aromatic carbocycles. The van der Waals surface area contributed by atoms with Crippen molar-refractivity contribution in [1.29, 1.82) is 0 Å². The minimum absolute atomic E-state index is 0.105. The first-order valence-electron chi connectivity index (χ1n) is 22.9. The van der Waals surface area contributed by atoms with Crippen LogP contribution in [0.2, 0.25) is 0 Å². The van der Waals surface area contributed by atoms with E-state index in [1.165, 1.54) is 44.5 Å². The van der Waals surface area contributed by atoms with Gasteiger partial charge in [-0.3, -0.25) is 0 Å². The lowest BCUT2D eigenvalue weighted by Crippen LogP contribution is -2.16. The highest BCUT2D eigenvalue weighted by molar-refractivity contribution is 7.98. The molecule has 0 aromatic heterocycles. The van der Waals surface area contributed by atoms with Crippen LogP contribution >= 0.6 is 47.0 Å². The molecule has 0 saturated carbocycles. The normalized spacial score (nSPS) is 14.8. The maximum Gasteiger partial charge on any atom is 0.339 e. The van der Waals surface area contributed by atoms with Gasteiger partial charge in [0, 0.05) is 46.0 Å². The van der Waals surface area contributed by atoms with Gasteiger partial charge in [0.25, 0.3) is 0 Å². The van der Waals surface area contributed by atoms with Crippen LogP contribution in [0.3, 0.4) is 0 Å². The Kier molecular flexibility index (Phi) is 14.9. The van der Waals surface area contributed by atoms with Gasteiger partial charge < -0.3 is 9.47 Å². The van der Waals surface area contributed by atoms with Gasteiger partial charge in [0.2, 0.25) is 0 Å². The Bertz CT molecular complexity index is 2660. The molecule has 0 aliphatic carbocycles. The minimum atomic E-state index is -0.470. The molecule has 8 aromatic rings. The third-order valence-corrected chi connectivity index (χ3v) is 16.6. The van der Waals surface area contributed by atoms with Crippen molar-refractivity contribution in [3.63, 3.8) is 0 Å². The Hall–Kier alpha value is -5.90. The Balaban J connectivity index is 1.04. The molecular weight excluding hydrogens is 913 g/mol. The third kappa shape index (κ3) is 11.2. The summed E-state index contributed by atoms with van der Waals surface area (Å²) in [6.45, 7) is -0.210. The largest absolute Gasteiger partial charge is 0.458 e. The molecule has 16 rings (SSSR count). The molecule has 8 aliphatic heterocycles.